The smallest absolute Gasteiger partial charge is 0.341 e. The van der Waals surface area contributed by atoms with Crippen LogP contribution < -0.4 is 14.8 Å². The predicted octanol–water partition coefficient (Wildman–Crippen LogP) is 5.50. The van der Waals surface area contributed by atoms with Crippen molar-refractivity contribution in [1.29, 1.82) is 0 Å². The first kappa shape index (κ1) is 22.9. The van der Waals surface area contributed by atoms with Crippen molar-refractivity contribution in [1.82, 2.24) is 0 Å². The Morgan fingerprint density at radius 3 is 2.45 bits per heavy atom. The first-order chi connectivity index (χ1) is 16.1. The Morgan fingerprint density at radius 1 is 1.00 bits per heavy atom. The SMILES string of the molecule is CCOc1ccccc1OCC(=O)Nc1scc(-c2ccc3c(c2)CCCC3)c1C(=O)OC. The van der Waals surface area contributed by atoms with Gasteiger partial charge in [0.1, 0.15) is 10.6 Å². The highest BCUT2D eigenvalue weighted by Crippen LogP contribution is 2.38. The van der Waals surface area contributed by atoms with Gasteiger partial charge in [-0.2, -0.15) is 0 Å². The summed E-state index contributed by atoms with van der Waals surface area (Å²) in [5, 5.41) is 5.15. The van der Waals surface area contributed by atoms with E-state index in [1.54, 1.807) is 12.1 Å². The van der Waals surface area contributed by atoms with E-state index in [-0.39, 0.29) is 12.5 Å². The predicted molar refractivity (Wildman–Crippen MR) is 129 cm³/mol. The Morgan fingerprint density at radius 2 is 1.73 bits per heavy atom. The normalized spacial score (nSPS) is 12.5. The topological polar surface area (TPSA) is 73.9 Å². The van der Waals surface area contributed by atoms with Gasteiger partial charge in [-0.3, -0.25) is 4.79 Å². The zero-order valence-corrected chi connectivity index (χ0v) is 19.6. The standard InChI is InChI=1S/C26H27NO5S/c1-3-31-21-10-6-7-11-22(21)32-15-23(28)27-25-24(26(29)30-2)20(16-33-25)19-13-12-17-8-4-5-9-18(17)14-19/h6-7,10-14,16H,3-5,8-9,15H2,1-2H3,(H,27,28). The molecule has 0 radical (unpaired) electrons. The van der Waals surface area contributed by atoms with E-state index in [1.165, 1.54) is 42.4 Å². The summed E-state index contributed by atoms with van der Waals surface area (Å²) >= 11 is 1.30. The molecule has 33 heavy (non-hydrogen) atoms. The Bertz CT molecular complexity index is 1150. The van der Waals surface area contributed by atoms with Crippen LogP contribution in [0, 0.1) is 0 Å². The number of carbonyl (C=O) groups excluding carboxylic acids is 2. The van der Waals surface area contributed by atoms with Crippen LogP contribution in [0.4, 0.5) is 5.00 Å². The van der Waals surface area contributed by atoms with E-state index >= 15 is 0 Å². The number of esters is 1. The van der Waals surface area contributed by atoms with Crippen LogP contribution in [0.1, 0.15) is 41.3 Å². The molecule has 1 aliphatic carbocycles. The molecule has 1 aliphatic rings. The molecule has 0 saturated heterocycles. The average Bonchev–Trinajstić information content (AvgIpc) is 3.26. The van der Waals surface area contributed by atoms with Crippen LogP contribution in [0.25, 0.3) is 11.1 Å². The number of thiophene rings is 1. The maximum absolute atomic E-state index is 12.6. The number of carbonyl (C=O) groups is 2. The number of ether oxygens (including phenoxy) is 3. The highest BCUT2D eigenvalue weighted by atomic mass is 32.1. The van der Waals surface area contributed by atoms with Crippen LogP contribution in [0.2, 0.25) is 0 Å². The number of nitrogens with one attached hydrogen (secondary N) is 1. The number of amides is 1. The molecule has 3 aromatic rings. The van der Waals surface area contributed by atoms with Gasteiger partial charge in [0.25, 0.3) is 5.91 Å². The number of rotatable bonds is 8. The molecule has 0 unspecified atom stereocenters. The minimum Gasteiger partial charge on any atom is -0.490 e. The van der Waals surface area contributed by atoms with E-state index in [0.717, 1.165) is 24.0 Å². The van der Waals surface area contributed by atoms with Crippen molar-refractivity contribution in [2.75, 3.05) is 25.6 Å². The fraction of sp³-hybridized carbons (Fsp3) is 0.308. The van der Waals surface area contributed by atoms with Gasteiger partial charge in [0, 0.05) is 10.9 Å². The highest BCUT2D eigenvalue weighted by Gasteiger charge is 2.23. The summed E-state index contributed by atoms with van der Waals surface area (Å²) in [6.45, 7) is 2.17. The maximum atomic E-state index is 12.6. The molecule has 1 N–H and O–H groups in total. The van der Waals surface area contributed by atoms with Crippen LogP contribution >= 0.6 is 11.3 Å². The molecule has 0 saturated carbocycles. The van der Waals surface area contributed by atoms with Crippen LogP contribution in [-0.2, 0) is 22.4 Å². The molecular formula is C26H27NO5S. The number of hydrogen-bond acceptors (Lipinski definition) is 6. The minimum absolute atomic E-state index is 0.212. The molecule has 1 aromatic heterocycles. The molecule has 2 aromatic carbocycles. The quantitative estimate of drug-likeness (QED) is 0.445. The van der Waals surface area contributed by atoms with Crippen molar-refractivity contribution in [2.45, 2.75) is 32.6 Å². The summed E-state index contributed by atoms with van der Waals surface area (Å²) in [4.78, 5) is 25.3. The summed E-state index contributed by atoms with van der Waals surface area (Å²) < 4.78 is 16.2. The summed E-state index contributed by atoms with van der Waals surface area (Å²) in [7, 11) is 1.34. The van der Waals surface area contributed by atoms with E-state index in [9.17, 15) is 9.59 Å². The van der Waals surface area contributed by atoms with E-state index in [2.05, 4.69) is 17.4 Å². The van der Waals surface area contributed by atoms with Crippen LogP contribution in [0.5, 0.6) is 11.5 Å². The third-order valence-corrected chi connectivity index (χ3v) is 6.50. The van der Waals surface area contributed by atoms with Crippen molar-refractivity contribution in [3.05, 3.63) is 64.5 Å². The van der Waals surface area contributed by atoms with Crippen LogP contribution in [0.3, 0.4) is 0 Å². The summed E-state index contributed by atoms with van der Waals surface area (Å²) in [6.07, 6.45) is 4.53. The fourth-order valence-electron chi connectivity index (χ4n) is 4.02. The number of hydrogen-bond donors (Lipinski definition) is 1. The monoisotopic (exact) mass is 465 g/mol. The van der Waals surface area contributed by atoms with E-state index in [1.807, 2.05) is 30.5 Å². The summed E-state index contributed by atoms with van der Waals surface area (Å²) in [5.41, 5.74) is 4.78. The lowest BCUT2D eigenvalue weighted by molar-refractivity contribution is -0.118. The lowest BCUT2D eigenvalue weighted by Gasteiger charge is -2.17. The lowest BCUT2D eigenvalue weighted by Crippen LogP contribution is -2.21. The number of aryl methyl sites for hydroxylation is 2. The first-order valence-corrected chi connectivity index (χ1v) is 11.9. The van der Waals surface area contributed by atoms with Gasteiger partial charge < -0.3 is 19.5 Å². The maximum Gasteiger partial charge on any atom is 0.341 e. The summed E-state index contributed by atoms with van der Waals surface area (Å²) in [5.74, 6) is 0.213. The average molecular weight is 466 g/mol. The molecule has 7 heteroatoms. The van der Waals surface area contributed by atoms with Crippen molar-refractivity contribution < 1.29 is 23.8 Å². The minimum atomic E-state index is -0.484. The van der Waals surface area contributed by atoms with Gasteiger partial charge in [0.2, 0.25) is 0 Å². The van der Waals surface area contributed by atoms with Gasteiger partial charge in [-0.1, -0.05) is 30.3 Å². The Kier molecular flexibility index (Phi) is 7.29. The second-order valence-corrected chi connectivity index (χ2v) is 8.63. The molecule has 1 amide bonds. The van der Waals surface area contributed by atoms with E-state index < -0.39 is 5.97 Å². The Balaban J connectivity index is 1.53. The molecule has 0 bridgehead atoms. The first-order valence-electron chi connectivity index (χ1n) is 11.1. The molecular weight excluding hydrogens is 438 g/mol. The molecule has 1 heterocycles. The zero-order valence-electron chi connectivity index (χ0n) is 18.8. The van der Waals surface area contributed by atoms with Crippen LogP contribution in [-0.4, -0.2) is 32.2 Å². The number of methoxy groups -OCH3 is 1. The fourth-order valence-corrected chi connectivity index (χ4v) is 4.99. The second-order valence-electron chi connectivity index (χ2n) is 7.75. The molecule has 6 nitrogen and oxygen atoms in total. The van der Waals surface area contributed by atoms with E-state index in [4.69, 9.17) is 14.2 Å². The third-order valence-electron chi connectivity index (χ3n) is 5.60. The largest absolute Gasteiger partial charge is 0.490 e. The van der Waals surface area contributed by atoms with Crippen molar-refractivity contribution in [2.24, 2.45) is 0 Å². The Hall–Kier alpha value is -3.32. The number of para-hydroxylation sites is 2. The molecule has 0 aliphatic heterocycles. The van der Waals surface area contributed by atoms with Crippen molar-refractivity contribution in [3.8, 4) is 22.6 Å². The van der Waals surface area contributed by atoms with Crippen LogP contribution in [0.15, 0.2) is 47.8 Å². The highest BCUT2D eigenvalue weighted by molar-refractivity contribution is 7.15. The zero-order chi connectivity index (χ0) is 23.2. The number of benzene rings is 2. The number of anilines is 1. The van der Waals surface area contributed by atoms with Gasteiger partial charge >= 0.3 is 5.97 Å². The molecule has 0 fully saturated rings. The Labute approximate surface area is 197 Å². The van der Waals surface area contributed by atoms with Gasteiger partial charge in [-0.05, 0) is 61.4 Å². The van der Waals surface area contributed by atoms with Crippen molar-refractivity contribution >= 4 is 28.2 Å². The second kappa shape index (κ2) is 10.5. The van der Waals surface area contributed by atoms with E-state index in [0.29, 0.717) is 28.7 Å². The molecule has 172 valence electrons. The van der Waals surface area contributed by atoms with Gasteiger partial charge in [-0.25, -0.2) is 4.79 Å². The van der Waals surface area contributed by atoms with Gasteiger partial charge in [-0.15, -0.1) is 11.3 Å². The third kappa shape index (κ3) is 5.20. The van der Waals surface area contributed by atoms with Gasteiger partial charge in [0.15, 0.2) is 18.1 Å². The number of fused-ring (bicyclic) bond motifs is 1. The van der Waals surface area contributed by atoms with Crippen molar-refractivity contribution in [3.63, 3.8) is 0 Å². The molecule has 0 spiro atoms. The molecule has 4 rings (SSSR count). The summed E-state index contributed by atoms with van der Waals surface area (Å²) in [6, 6.07) is 13.5. The van der Waals surface area contributed by atoms with Gasteiger partial charge in [0.05, 0.1) is 13.7 Å². The lowest BCUT2D eigenvalue weighted by atomic mass is 9.89. The molecule has 0 atom stereocenters.